The number of ketones is 1. The van der Waals surface area contributed by atoms with E-state index in [4.69, 9.17) is 4.74 Å². The lowest BCUT2D eigenvalue weighted by atomic mass is 9.86. The zero-order chi connectivity index (χ0) is 21.8. The first-order valence-corrected chi connectivity index (χ1v) is 11.2. The predicted molar refractivity (Wildman–Crippen MR) is 120 cm³/mol. The Morgan fingerprint density at radius 3 is 2.67 bits per heavy atom. The van der Waals surface area contributed by atoms with Gasteiger partial charge in [-0.2, -0.15) is 0 Å². The lowest BCUT2D eigenvalue weighted by Gasteiger charge is -2.18. The van der Waals surface area contributed by atoms with Crippen molar-refractivity contribution < 1.29 is 19.4 Å². The quantitative estimate of drug-likeness (QED) is 0.275. The summed E-state index contributed by atoms with van der Waals surface area (Å²) >= 11 is 0. The molecule has 0 fully saturated rings. The maximum atomic E-state index is 12.2. The number of carbonyl (C=O) groups is 2. The van der Waals surface area contributed by atoms with E-state index in [1.807, 2.05) is 38.1 Å². The second-order valence-electron chi connectivity index (χ2n) is 8.43. The molecule has 0 saturated heterocycles. The Balaban J connectivity index is 1.65. The number of esters is 1. The number of hydrogen-bond donors (Lipinski definition) is 1. The second-order valence-corrected chi connectivity index (χ2v) is 8.43. The Kier molecular flexibility index (Phi) is 10.6. The van der Waals surface area contributed by atoms with Gasteiger partial charge in [-0.15, -0.1) is 0 Å². The lowest BCUT2D eigenvalue weighted by molar-refractivity contribution is -0.147. The standard InChI is InChI=1S/C26H36O4/c1-20(2)30-26(29)13-9-4-3-8-12-24-22(16-19-25(24)28)15-18-23(27)17-14-21-10-6-5-7-11-21/h3,5-8,10-11,16,19-20,22-24,27H,4,9,12-15,17-18H2,1-2H3/b8-3-/t22?,23-,24+/m0/s1. The molecule has 30 heavy (non-hydrogen) atoms. The van der Waals surface area contributed by atoms with Gasteiger partial charge in [0.05, 0.1) is 12.2 Å². The Hall–Kier alpha value is -2.20. The Bertz CT molecular complexity index is 705. The number of hydrogen-bond acceptors (Lipinski definition) is 4. The second kappa shape index (κ2) is 13.2. The molecule has 1 aromatic rings. The number of allylic oxidation sites excluding steroid dienone is 4. The molecule has 0 aliphatic heterocycles. The highest BCUT2D eigenvalue weighted by atomic mass is 16.5. The molecule has 4 heteroatoms. The average Bonchev–Trinajstić information content (AvgIpc) is 3.07. The van der Waals surface area contributed by atoms with E-state index in [0.717, 1.165) is 32.1 Å². The maximum Gasteiger partial charge on any atom is 0.306 e. The molecule has 4 nitrogen and oxygen atoms in total. The Labute approximate surface area is 181 Å². The van der Waals surface area contributed by atoms with Gasteiger partial charge in [-0.3, -0.25) is 9.59 Å². The number of aliphatic hydroxyl groups excluding tert-OH is 1. The van der Waals surface area contributed by atoms with Crippen LogP contribution in [0.3, 0.4) is 0 Å². The van der Waals surface area contributed by atoms with Crippen molar-refractivity contribution in [2.75, 3.05) is 0 Å². The highest BCUT2D eigenvalue weighted by molar-refractivity contribution is 5.94. The summed E-state index contributed by atoms with van der Waals surface area (Å²) in [4.78, 5) is 23.7. The molecule has 2 rings (SSSR count). The third kappa shape index (κ3) is 9.08. The highest BCUT2D eigenvalue weighted by Gasteiger charge is 2.29. The summed E-state index contributed by atoms with van der Waals surface area (Å²) in [6.07, 6.45) is 13.3. The smallest absolute Gasteiger partial charge is 0.306 e. The van der Waals surface area contributed by atoms with E-state index in [2.05, 4.69) is 24.3 Å². The van der Waals surface area contributed by atoms with Crippen molar-refractivity contribution in [3.63, 3.8) is 0 Å². The summed E-state index contributed by atoms with van der Waals surface area (Å²) in [6, 6.07) is 10.2. The van der Waals surface area contributed by atoms with Crippen LogP contribution in [0, 0.1) is 11.8 Å². The molecule has 1 aromatic carbocycles. The van der Waals surface area contributed by atoms with Gasteiger partial charge >= 0.3 is 5.97 Å². The van der Waals surface area contributed by atoms with E-state index in [-0.39, 0.29) is 35.8 Å². The van der Waals surface area contributed by atoms with E-state index < -0.39 is 0 Å². The van der Waals surface area contributed by atoms with Crippen LogP contribution in [0.15, 0.2) is 54.6 Å². The molecule has 0 heterocycles. The number of aryl methyl sites for hydroxylation is 1. The lowest BCUT2D eigenvalue weighted by Crippen LogP contribution is -2.17. The number of unbranched alkanes of at least 4 members (excludes halogenated alkanes) is 1. The summed E-state index contributed by atoms with van der Waals surface area (Å²) in [5.41, 5.74) is 1.24. The van der Waals surface area contributed by atoms with Crippen molar-refractivity contribution in [3.05, 3.63) is 60.2 Å². The minimum Gasteiger partial charge on any atom is -0.463 e. The molecule has 164 valence electrons. The summed E-state index contributed by atoms with van der Waals surface area (Å²) in [6.45, 7) is 3.70. The first kappa shape index (κ1) is 24.1. The first-order valence-electron chi connectivity index (χ1n) is 11.2. The minimum atomic E-state index is -0.337. The molecular formula is C26H36O4. The molecule has 3 atom stereocenters. The number of carbonyl (C=O) groups excluding carboxylic acids is 2. The zero-order valence-electron chi connectivity index (χ0n) is 18.3. The summed E-state index contributed by atoms with van der Waals surface area (Å²) in [7, 11) is 0. The third-order valence-electron chi connectivity index (χ3n) is 5.51. The molecule has 1 aliphatic rings. The predicted octanol–water partition coefficient (Wildman–Crippen LogP) is 5.20. The molecule has 0 amide bonds. The number of benzene rings is 1. The molecule has 1 unspecified atom stereocenters. The van der Waals surface area contributed by atoms with Crippen LogP contribution in [0.2, 0.25) is 0 Å². The summed E-state index contributed by atoms with van der Waals surface area (Å²) < 4.78 is 5.12. The third-order valence-corrected chi connectivity index (χ3v) is 5.51. The van der Waals surface area contributed by atoms with Gasteiger partial charge in [0.1, 0.15) is 0 Å². The molecule has 1 N–H and O–H groups in total. The molecule has 0 aromatic heterocycles. The van der Waals surface area contributed by atoms with E-state index in [9.17, 15) is 14.7 Å². The van der Waals surface area contributed by atoms with Gasteiger partial charge in [0, 0.05) is 12.3 Å². The van der Waals surface area contributed by atoms with Crippen LogP contribution >= 0.6 is 0 Å². The fraction of sp³-hybridized carbons (Fsp3) is 0.538. The average molecular weight is 413 g/mol. The van der Waals surface area contributed by atoms with Crippen molar-refractivity contribution in [1.82, 2.24) is 0 Å². The van der Waals surface area contributed by atoms with Crippen LogP contribution in [0.4, 0.5) is 0 Å². The Morgan fingerprint density at radius 1 is 1.17 bits per heavy atom. The monoisotopic (exact) mass is 412 g/mol. The molecular weight excluding hydrogens is 376 g/mol. The van der Waals surface area contributed by atoms with Crippen molar-refractivity contribution in [2.45, 2.75) is 77.4 Å². The van der Waals surface area contributed by atoms with Crippen LogP contribution in [0.1, 0.15) is 64.4 Å². The minimum absolute atomic E-state index is 0.0199. The van der Waals surface area contributed by atoms with E-state index in [1.54, 1.807) is 6.08 Å². The zero-order valence-corrected chi connectivity index (χ0v) is 18.3. The number of rotatable bonds is 13. The fourth-order valence-electron chi connectivity index (χ4n) is 3.83. The van der Waals surface area contributed by atoms with Gasteiger partial charge in [-0.25, -0.2) is 0 Å². The van der Waals surface area contributed by atoms with Crippen molar-refractivity contribution in [3.8, 4) is 0 Å². The fourth-order valence-corrected chi connectivity index (χ4v) is 3.83. The van der Waals surface area contributed by atoms with E-state index in [1.165, 1.54) is 5.56 Å². The molecule has 1 aliphatic carbocycles. The number of aliphatic hydroxyl groups is 1. The maximum absolute atomic E-state index is 12.2. The van der Waals surface area contributed by atoms with Gasteiger partial charge in [-0.05, 0) is 76.4 Å². The van der Waals surface area contributed by atoms with Gasteiger partial charge in [0.25, 0.3) is 0 Å². The van der Waals surface area contributed by atoms with Gasteiger partial charge in [0.15, 0.2) is 5.78 Å². The van der Waals surface area contributed by atoms with Crippen LogP contribution in [-0.2, 0) is 20.7 Å². The van der Waals surface area contributed by atoms with Gasteiger partial charge in [0.2, 0.25) is 0 Å². The van der Waals surface area contributed by atoms with E-state index >= 15 is 0 Å². The largest absolute Gasteiger partial charge is 0.463 e. The van der Waals surface area contributed by atoms with Crippen LogP contribution in [-0.4, -0.2) is 29.1 Å². The topological polar surface area (TPSA) is 63.6 Å². The Morgan fingerprint density at radius 2 is 1.93 bits per heavy atom. The molecule has 0 radical (unpaired) electrons. The van der Waals surface area contributed by atoms with Crippen LogP contribution < -0.4 is 0 Å². The molecule has 0 bridgehead atoms. The van der Waals surface area contributed by atoms with Crippen molar-refractivity contribution in [1.29, 1.82) is 0 Å². The summed E-state index contributed by atoms with van der Waals surface area (Å²) in [5.74, 6) is 0.214. The van der Waals surface area contributed by atoms with Crippen molar-refractivity contribution >= 4 is 11.8 Å². The summed E-state index contributed by atoms with van der Waals surface area (Å²) in [5, 5.41) is 10.3. The SMILES string of the molecule is CC(C)OC(=O)CCC/C=C\C[C@H]1C(=O)C=CC1CC[C@@H](O)CCc1ccccc1. The van der Waals surface area contributed by atoms with Crippen LogP contribution in [0.25, 0.3) is 0 Å². The number of ether oxygens (including phenoxy) is 1. The first-order chi connectivity index (χ1) is 14.5. The molecule has 0 saturated carbocycles. The van der Waals surface area contributed by atoms with E-state index in [0.29, 0.717) is 19.3 Å². The van der Waals surface area contributed by atoms with Crippen LogP contribution in [0.5, 0.6) is 0 Å². The normalized spacial score (nSPS) is 19.7. The molecule has 0 spiro atoms. The van der Waals surface area contributed by atoms with Gasteiger partial charge in [-0.1, -0.05) is 48.6 Å². The van der Waals surface area contributed by atoms with Gasteiger partial charge < -0.3 is 9.84 Å². The van der Waals surface area contributed by atoms with Crippen molar-refractivity contribution in [2.24, 2.45) is 11.8 Å². The highest BCUT2D eigenvalue weighted by Crippen LogP contribution is 2.30.